The molecule has 0 aliphatic rings. The van der Waals surface area contributed by atoms with E-state index in [1.165, 1.54) is 27.3 Å². The first-order valence-electron chi connectivity index (χ1n) is 13.4. The third-order valence-electron chi connectivity index (χ3n) is 6.85. The van der Waals surface area contributed by atoms with Crippen molar-refractivity contribution in [3.8, 4) is 0 Å². The number of aromatic nitrogens is 2. The van der Waals surface area contributed by atoms with Crippen LogP contribution in [-0.4, -0.2) is 35.9 Å². The van der Waals surface area contributed by atoms with Crippen LogP contribution in [0.4, 0.5) is 0 Å². The Labute approximate surface area is 277 Å². The van der Waals surface area contributed by atoms with Gasteiger partial charge in [-0.3, -0.25) is 4.79 Å². The highest BCUT2D eigenvalue weighted by Crippen LogP contribution is 2.30. The van der Waals surface area contributed by atoms with E-state index in [1.807, 2.05) is 0 Å². The van der Waals surface area contributed by atoms with E-state index >= 15 is 0 Å². The number of nitrogens with zero attached hydrogens (tertiary/aromatic N) is 2. The molecule has 0 aliphatic heterocycles. The minimum Gasteiger partial charge on any atom is -0.461 e. The second kappa shape index (κ2) is 13.3. The predicted octanol–water partition coefficient (Wildman–Crippen LogP) is 6.84. The fraction of sp³-hybridized carbons (Fsp3) is 0.0938. The summed E-state index contributed by atoms with van der Waals surface area (Å²) in [6, 6.07) is 27.0. The lowest BCUT2D eigenvalue weighted by Gasteiger charge is -2.09. The van der Waals surface area contributed by atoms with E-state index < -0.39 is 20.0 Å². The number of carbonyl (C=O) groups excluding carboxylic acids is 1. The Balaban J connectivity index is 0.000000179. The molecule has 232 valence electrons. The molecule has 13 heteroatoms. The second-order valence-corrected chi connectivity index (χ2v) is 15.1. The summed E-state index contributed by atoms with van der Waals surface area (Å²) in [6.45, 7) is 1.37. The standard InChI is InChI=1S/C17H14BrNO4S.C15H12BrNO3S/c1-12(20)23-11-14-9-13-7-8-19(17(13)10-16(14)18)24(21,22)15-5-3-2-4-6-15;16-14-9-15-11(8-12(14)10-18)6-7-17(15)21(19,20)13-4-2-1-3-5-13/h2-10H,11H2,1H3;1-9,18H,10H2. The fourth-order valence-electron chi connectivity index (χ4n) is 4.60. The SMILES string of the molecule is CC(=O)OCc1cc2ccn(S(=O)(=O)c3ccccc3)c2cc1Br.O=S(=O)(c1ccccc1)n1ccc2cc(CO)c(Br)cc21. The maximum absolute atomic E-state index is 12.8. The van der Waals surface area contributed by atoms with Gasteiger partial charge in [-0.15, -0.1) is 0 Å². The van der Waals surface area contributed by atoms with Crippen LogP contribution in [0, 0.1) is 0 Å². The highest BCUT2D eigenvalue weighted by atomic mass is 79.9. The van der Waals surface area contributed by atoms with Gasteiger partial charge in [-0.05, 0) is 66.2 Å². The van der Waals surface area contributed by atoms with E-state index in [0.29, 0.717) is 20.0 Å². The van der Waals surface area contributed by atoms with Gasteiger partial charge in [-0.25, -0.2) is 24.8 Å². The minimum absolute atomic E-state index is 0.104. The van der Waals surface area contributed by atoms with Crippen molar-refractivity contribution >= 4 is 79.7 Å². The van der Waals surface area contributed by atoms with Gasteiger partial charge < -0.3 is 9.84 Å². The van der Waals surface area contributed by atoms with Crippen molar-refractivity contribution in [2.45, 2.75) is 29.9 Å². The van der Waals surface area contributed by atoms with Gasteiger partial charge in [0.05, 0.1) is 27.4 Å². The van der Waals surface area contributed by atoms with E-state index in [9.17, 15) is 26.7 Å². The second-order valence-electron chi connectivity index (χ2n) is 9.80. The summed E-state index contributed by atoms with van der Waals surface area (Å²) in [5.74, 6) is -0.369. The average Bonchev–Trinajstić information content (AvgIpc) is 3.65. The number of rotatable bonds is 7. The molecule has 0 atom stereocenters. The number of hydrogen-bond acceptors (Lipinski definition) is 7. The summed E-state index contributed by atoms with van der Waals surface area (Å²) in [4.78, 5) is 11.4. The molecule has 9 nitrogen and oxygen atoms in total. The first kappa shape index (κ1) is 32.6. The molecule has 0 spiro atoms. The zero-order valence-electron chi connectivity index (χ0n) is 23.7. The van der Waals surface area contributed by atoms with Crippen molar-refractivity contribution < 1.29 is 31.5 Å². The number of aliphatic hydroxyl groups excluding tert-OH is 1. The third-order valence-corrected chi connectivity index (χ3v) is 11.7. The van der Waals surface area contributed by atoms with Crippen LogP contribution >= 0.6 is 31.9 Å². The molecule has 1 N–H and O–H groups in total. The van der Waals surface area contributed by atoms with Crippen molar-refractivity contribution in [1.29, 1.82) is 0 Å². The highest BCUT2D eigenvalue weighted by Gasteiger charge is 2.20. The molecular formula is C32H26Br2N2O7S2. The van der Waals surface area contributed by atoms with Gasteiger partial charge in [0.1, 0.15) is 6.61 Å². The van der Waals surface area contributed by atoms with Crippen LogP contribution in [-0.2, 0) is 42.8 Å². The first-order valence-corrected chi connectivity index (χ1v) is 17.8. The van der Waals surface area contributed by atoms with Gasteiger partial charge in [-0.2, -0.15) is 0 Å². The Kier molecular flexibility index (Phi) is 9.65. The Morgan fingerprint density at radius 2 is 1.11 bits per heavy atom. The van der Waals surface area contributed by atoms with Crippen LogP contribution < -0.4 is 0 Å². The number of esters is 1. The topological polar surface area (TPSA) is 125 Å². The largest absolute Gasteiger partial charge is 0.461 e. The van der Waals surface area contributed by atoms with Gasteiger partial charge in [0.2, 0.25) is 0 Å². The van der Waals surface area contributed by atoms with Crippen molar-refractivity contribution in [3.63, 3.8) is 0 Å². The van der Waals surface area contributed by atoms with Crippen LogP contribution in [0.3, 0.4) is 0 Å². The van der Waals surface area contributed by atoms with E-state index in [2.05, 4.69) is 31.9 Å². The molecule has 6 aromatic rings. The Bertz CT molecular complexity index is 2230. The van der Waals surface area contributed by atoms with Gasteiger partial charge in [0, 0.05) is 44.6 Å². The van der Waals surface area contributed by atoms with Crippen LogP contribution in [0.2, 0.25) is 0 Å². The van der Waals surface area contributed by atoms with Crippen LogP contribution in [0.25, 0.3) is 21.8 Å². The van der Waals surface area contributed by atoms with Crippen LogP contribution in [0.5, 0.6) is 0 Å². The zero-order valence-corrected chi connectivity index (χ0v) is 28.5. The average molecular weight is 775 g/mol. The lowest BCUT2D eigenvalue weighted by atomic mass is 10.2. The smallest absolute Gasteiger partial charge is 0.302 e. The van der Waals surface area contributed by atoms with Crippen LogP contribution in [0.15, 0.2) is 128 Å². The zero-order chi connectivity index (χ0) is 32.4. The molecule has 0 fully saturated rings. The molecule has 2 aromatic heterocycles. The summed E-state index contributed by atoms with van der Waals surface area (Å²) in [5.41, 5.74) is 2.62. The molecule has 0 saturated carbocycles. The first-order chi connectivity index (χ1) is 21.4. The lowest BCUT2D eigenvalue weighted by Crippen LogP contribution is -2.11. The minimum atomic E-state index is -3.67. The number of hydrogen-bond donors (Lipinski definition) is 1. The molecule has 45 heavy (non-hydrogen) atoms. The van der Waals surface area contributed by atoms with E-state index in [1.54, 1.807) is 97.1 Å². The number of halogens is 2. The molecule has 0 aliphatic carbocycles. The van der Waals surface area contributed by atoms with Crippen molar-refractivity contribution in [2.75, 3.05) is 0 Å². The third kappa shape index (κ3) is 6.77. The maximum Gasteiger partial charge on any atom is 0.302 e. The van der Waals surface area contributed by atoms with Crippen molar-refractivity contribution in [3.05, 3.63) is 130 Å². The van der Waals surface area contributed by atoms with E-state index in [0.717, 1.165) is 21.9 Å². The molecular weight excluding hydrogens is 748 g/mol. The normalized spacial score (nSPS) is 11.7. The molecule has 6 rings (SSSR count). The molecule has 0 saturated heterocycles. The van der Waals surface area contributed by atoms with Gasteiger partial charge in [0.15, 0.2) is 0 Å². The Hall–Kier alpha value is -3.75. The fourth-order valence-corrected chi connectivity index (χ4v) is 8.24. The number of benzene rings is 4. The van der Waals surface area contributed by atoms with Crippen molar-refractivity contribution in [2.24, 2.45) is 0 Å². The monoisotopic (exact) mass is 772 g/mol. The molecule has 0 amide bonds. The molecule has 0 radical (unpaired) electrons. The Morgan fingerprint density at radius 1 is 0.689 bits per heavy atom. The Morgan fingerprint density at radius 3 is 1.53 bits per heavy atom. The van der Waals surface area contributed by atoms with Crippen LogP contribution in [0.1, 0.15) is 18.1 Å². The summed E-state index contributed by atoms with van der Waals surface area (Å²) < 4.78 is 59.8. The number of fused-ring (bicyclic) bond motifs is 2. The van der Waals surface area contributed by atoms with E-state index in [4.69, 9.17) is 4.74 Å². The molecule has 0 unspecified atom stereocenters. The summed E-state index contributed by atoms with van der Waals surface area (Å²) in [7, 11) is -7.29. The summed E-state index contributed by atoms with van der Waals surface area (Å²) in [5, 5.41) is 10.8. The molecule has 2 heterocycles. The number of aliphatic hydroxyl groups is 1. The van der Waals surface area contributed by atoms with E-state index in [-0.39, 0.29) is 29.0 Å². The van der Waals surface area contributed by atoms with Gasteiger partial charge in [-0.1, -0.05) is 68.3 Å². The molecule has 4 aromatic carbocycles. The number of ether oxygens (including phenoxy) is 1. The maximum atomic E-state index is 12.8. The predicted molar refractivity (Wildman–Crippen MR) is 179 cm³/mol. The summed E-state index contributed by atoms with van der Waals surface area (Å²) in [6.07, 6.45) is 3.05. The van der Waals surface area contributed by atoms with Crippen molar-refractivity contribution in [1.82, 2.24) is 7.94 Å². The quantitative estimate of drug-likeness (QED) is 0.176. The lowest BCUT2D eigenvalue weighted by molar-refractivity contribution is -0.142. The van der Waals surface area contributed by atoms with Gasteiger partial charge in [0.25, 0.3) is 20.0 Å². The highest BCUT2D eigenvalue weighted by molar-refractivity contribution is 9.10. The molecule has 0 bridgehead atoms. The van der Waals surface area contributed by atoms with Gasteiger partial charge >= 0.3 is 5.97 Å². The number of carbonyl (C=O) groups is 1. The summed E-state index contributed by atoms with van der Waals surface area (Å²) >= 11 is 6.76.